The molecular weight excluding hydrogens is 132 g/mol. The van der Waals surface area contributed by atoms with E-state index in [2.05, 4.69) is 0 Å². The minimum atomic E-state index is -0.698. The summed E-state index contributed by atoms with van der Waals surface area (Å²) in [6, 6.07) is 0. The van der Waals surface area contributed by atoms with Crippen molar-refractivity contribution < 1.29 is 14.6 Å². The van der Waals surface area contributed by atoms with Crippen LogP contribution in [0.4, 0.5) is 0 Å². The molecule has 1 aliphatic heterocycles. The Morgan fingerprint density at radius 2 is 2.50 bits per heavy atom. The maximum absolute atomic E-state index is 9.57. The highest BCUT2D eigenvalue weighted by Crippen LogP contribution is 2.17. The van der Waals surface area contributed by atoms with Crippen LogP contribution in [0, 0.1) is 0 Å². The summed E-state index contributed by atoms with van der Waals surface area (Å²) in [6.45, 7) is 4.06. The highest BCUT2D eigenvalue weighted by atomic mass is 16.5. The largest absolute Gasteiger partial charge is 0.385 e. The molecule has 0 aromatic rings. The third kappa shape index (κ3) is 1.94. The lowest BCUT2D eigenvalue weighted by atomic mass is 10.1. The van der Waals surface area contributed by atoms with Crippen LogP contribution >= 0.6 is 0 Å². The Kier molecular flexibility index (Phi) is 2.65. The van der Waals surface area contributed by atoms with Gasteiger partial charge in [-0.3, -0.25) is 0 Å². The molecule has 1 unspecified atom stereocenters. The van der Waals surface area contributed by atoms with E-state index >= 15 is 0 Å². The van der Waals surface area contributed by atoms with E-state index in [1.54, 1.807) is 0 Å². The van der Waals surface area contributed by atoms with Crippen molar-refractivity contribution in [1.82, 2.24) is 0 Å². The van der Waals surface area contributed by atoms with Crippen molar-refractivity contribution in [3.8, 4) is 0 Å². The molecule has 10 heavy (non-hydrogen) atoms. The second-order valence-corrected chi connectivity index (χ2v) is 2.66. The molecule has 0 amide bonds. The van der Waals surface area contributed by atoms with E-state index in [-0.39, 0.29) is 0 Å². The molecule has 0 aromatic carbocycles. The molecule has 1 fully saturated rings. The Labute approximate surface area is 60.9 Å². The molecule has 3 nitrogen and oxygen atoms in total. The average molecular weight is 146 g/mol. The van der Waals surface area contributed by atoms with E-state index in [0.717, 1.165) is 0 Å². The van der Waals surface area contributed by atoms with Gasteiger partial charge in [-0.2, -0.15) is 0 Å². The molecule has 1 saturated heterocycles. The topological polar surface area (TPSA) is 38.7 Å². The number of rotatable bonds is 3. The number of ether oxygens (including phenoxy) is 2. The predicted octanol–water partition coefficient (Wildman–Crippen LogP) is 0.174. The summed E-state index contributed by atoms with van der Waals surface area (Å²) in [6.07, 6.45) is 0.701. The van der Waals surface area contributed by atoms with E-state index in [1.165, 1.54) is 0 Å². The molecular formula is C7H14O3. The van der Waals surface area contributed by atoms with E-state index in [1.807, 2.05) is 6.92 Å². The van der Waals surface area contributed by atoms with Gasteiger partial charge in [-0.15, -0.1) is 0 Å². The average Bonchev–Trinajstić information content (AvgIpc) is 2.33. The zero-order chi connectivity index (χ0) is 7.45. The van der Waals surface area contributed by atoms with Crippen LogP contribution in [-0.2, 0) is 9.47 Å². The summed E-state index contributed by atoms with van der Waals surface area (Å²) in [5.41, 5.74) is -0.698. The van der Waals surface area contributed by atoms with Gasteiger partial charge in [-0.25, -0.2) is 0 Å². The minimum absolute atomic E-state index is 0.406. The summed E-state index contributed by atoms with van der Waals surface area (Å²) in [4.78, 5) is 0. The monoisotopic (exact) mass is 146 g/mol. The second kappa shape index (κ2) is 3.32. The lowest BCUT2D eigenvalue weighted by molar-refractivity contribution is -0.0462. The number of hydrogen-bond donors (Lipinski definition) is 1. The van der Waals surface area contributed by atoms with Crippen LogP contribution in [0.3, 0.4) is 0 Å². The molecule has 60 valence electrons. The summed E-state index contributed by atoms with van der Waals surface area (Å²) < 4.78 is 10.1. The molecule has 1 aliphatic rings. The highest BCUT2D eigenvalue weighted by Gasteiger charge is 2.32. The lowest BCUT2D eigenvalue weighted by Crippen LogP contribution is -2.34. The lowest BCUT2D eigenvalue weighted by Gasteiger charge is -2.18. The molecule has 0 aromatic heterocycles. The van der Waals surface area contributed by atoms with Crippen molar-refractivity contribution >= 4 is 0 Å². The third-order valence-corrected chi connectivity index (χ3v) is 1.66. The fraction of sp³-hybridized carbons (Fsp3) is 1.00. The van der Waals surface area contributed by atoms with Crippen LogP contribution in [0.25, 0.3) is 0 Å². The van der Waals surface area contributed by atoms with Crippen molar-refractivity contribution in [3.05, 3.63) is 0 Å². The van der Waals surface area contributed by atoms with Gasteiger partial charge in [-0.05, 0) is 6.92 Å². The van der Waals surface area contributed by atoms with Crippen molar-refractivity contribution in [2.45, 2.75) is 18.9 Å². The van der Waals surface area contributed by atoms with E-state index in [4.69, 9.17) is 9.47 Å². The standard InChI is InChI=1S/C7H14O3/c1-2-9-5-7(8)3-4-10-6-7/h8H,2-6H2,1H3. The number of hydrogen-bond acceptors (Lipinski definition) is 3. The molecule has 0 aliphatic carbocycles. The van der Waals surface area contributed by atoms with E-state index < -0.39 is 5.60 Å². The molecule has 0 radical (unpaired) electrons. The van der Waals surface area contributed by atoms with Crippen molar-refractivity contribution in [3.63, 3.8) is 0 Å². The zero-order valence-corrected chi connectivity index (χ0v) is 6.30. The van der Waals surface area contributed by atoms with Crippen LogP contribution < -0.4 is 0 Å². The van der Waals surface area contributed by atoms with Gasteiger partial charge in [0.2, 0.25) is 0 Å². The third-order valence-electron chi connectivity index (χ3n) is 1.66. The number of aliphatic hydroxyl groups is 1. The van der Waals surface area contributed by atoms with Gasteiger partial charge in [0, 0.05) is 19.6 Å². The first-order chi connectivity index (χ1) is 4.77. The fourth-order valence-electron chi connectivity index (χ4n) is 1.00. The van der Waals surface area contributed by atoms with Gasteiger partial charge >= 0.3 is 0 Å². The van der Waals surface area contributed by atoms with Crippen LogP contribution in [0.2, 0.25) is 0 Å². The van der Waals surface area contributed by atoms with Crippen molar-refractivity contribution in [2.75, 3.05) is 26.4 Å². The maximum atomic E-state index is 9.57. The predicted molar refractivity (Wildman–Crippen MR) is 36.9 cm³/mol. The molecule has 3 heteroatoms. The Balaban J connectivity index is 2.22. The second-order valence-electron chi connectivity index (χ2n) is 2.66. The van der Waals surface area contributed by atoms with Gasteiger partial charge < -0.3 is 14.6 Å². The molecule has 1 heterocycles. The fourth-order valence-corrected chi connectivity index (χ4v) is 1.00. The molecule has 0 bridgehead atoms. The summed E-state index contributed by atoms with van der Waals surface area (Å²) >= 11 is 0. The van der Waals surface area contributed by atoms with Gasteiger partial charge in [0.1, 0.15) is 5.60 Å². The SMILES string of the molecule is CCOCC1(O)CCOC1. The molecule has 1 N–H and O–H groups in total. The normalized spacial score (nSPS) is 33.0. The molecule has 0 spiro atoms. The Bertz CT molecular complexity index is 97.0. The molecule has 1 atom stereocenters. The van der Waals surface area contributed by atoms with Crippen LogP contribution in [0.15, 0.2) is 0 Å². The highest BCUT2D eigenvalue weighted by molar-refractivity contribution is 4.81. The summed E-state index contributed by atoms with van der Waals surface area (Å²) in [7, 11) is 0. The van der Waals surface area contributed by atoms with Gasteiger partial charge in [0.15, 0.2) is 0 Å². The summed E-state index contributed by atoms with van der Waals surface area (Å²) in [5.74, 6) is 0. The minimum Gasteiger partial charge on any atom is -0.385 e. The van der Waals surface area contributed by atoms with Crippen LogP contribution in [0.1, 0.15) is 13.3 Å². The van der Waals surface area contributed by atoms with Gasteiger partial charge in [0.25, 0.3) is 0 Å². The molecule has 1 rings (SSSR count). The van der Waals surface area contributed by atoms with E-state index in [9.17, 15) is 5.11 Å². The van der Waals surface area contributed by atoms with Gasteiger partial charge in [0.05, 0.1) is 13.2 Å². The van der Waals surface area contributed by atoms with Crippen LogP contribution in [-0.4, -0.2) is 37.1 Å². The Hall–Kier alpha value is -0.120. The first kappa shape index (κ1) is 7.98. The van der Waals surface area contributed by atoms with E-state index in [0.29, 0.717) is 32.8 Å². The smallest absolute Gasteiger partial charge is 0.113 e. The summed E-state index contributed by atoms with van der Waals surface area (Å²) in [5, 5.41) is 9.57. The Morgan fingerprint density at radius 1 is 1.70 bits per heavy atom. The maximum Gasteiger partial charge on any atom is 0.113 e. The first-order valence-electron chi connectivity index (χ1n) is 3.65. The Morgan fingerprint density at radius 3 is 3.00 bits per heavy atom. The van der Waals surface area contributed by atoms with Gasteiger partial charge in [-0.1, -0.05) is 0 Å². The zero-order valence-electron chi connectivity index (χ0n) is 6.30. The van der Waals surface area contributed by atoms with Crippen molar-refractivity contribution in [1.29, 1.82) is 0 Å². The quantitative estimate of drug-likeness (QED) is 0.617. The first-order valence-corrected chi connectivity index (χ1v) is 3.65. The van der Waals surface area contributed by atoms with Crippen molar-refractivity contribution in [2.24, 2.45) is 0 Å². The molecule has 0 saturated carbocycles. The van der Waals surface area contributed by atoms with Crippen LogP contribution in [0.5, 0.6) is 0 Å².